The molecule has 1 unspecified atom stereocenters. The highest BCUT2D eigenvalue weighted by Crippen LogP contribution is 2.32. The summed E-state index contributed by atoms with van der Waals surface area (Å²) in [4.78, 5) is 16.9. The minimum absolute atomic E-state index is 0.0759. The van der Waals surface area contributed by atoms with Crippen LogP contribution in [0, 0.1) is 6.92 Å². The van der Waals surface area contributed by atoms with Gasteiger partial charge in [0.05, 0.1) is 17.1 Å². The molecule has 0 aliphatic heterocycles. The number of aromatic nitrogens is 1. The van der Waals surface area contributed by atoms with E-state index in [0.29, 0.717) is 12.2 Å². The van der Waals surface area contributed by atoms with Crippen molar-refractivity contribution >= 4 is 17.1 Å². The van der Waals surface area contributed by atoms with Gasteiger partial charge in [-0.1, -0.05) is 24.3 Å². The van der Waals surface area contributed by atoms with Gasteiger partial charge in [0.1, 0.15) is 5.78 Å². The molecule has 0 saturated carbocycles. The Morgan fingerprint density at radius 2 is 2.26 bits per heavy atom. The lowest BCUT2D eigenvalue weighted by Gasteiger charge is -2.24. The van der Waals surface area contributed by atoms with E-state index in [0.717, 1.165) is 30.0 Å². The van der Waals surface area contributed by atoms with Crippen molar-refractivity contribution in [2.45, 2.75) is 38.5 Å². The lowest BCUT2D eigenvalue weighted by Crippen LogP contribution is -2.20. The van der Waals surface area contributed by atoms with E-state index < -0.39 is 0 Å². The van der Waals surface area contributed by atoms with Gasteiger partial charge in [0, 0.05) is 11.3 Å². The number of benzene rings is 1. The molecule has 1 aromatic heterocycles. The maximum absolute atomic E-state index is 12.5. The van der Waals surface area contributed by atoms with Gasteiger partial charge in [0.2, 0.25) is 0 Å². The van der Waals surface area contributed by atoms with E-state index in [2.05, 4.69) is 23.2 Å². The minimum atomic E-state index is 0.0759. The van der Waals surface area contributed by atoms with Crippen molar-refractivity contribution in [2.75, 3.05) is 0 Å². The zero-order valence-corrected chi connectivity index (χ0v) is 11.9. The zero-order valence-electron chi connectivity index (χ0n) is 11.1. The summed E-state index contributed by atoms with van der Waals surface area (Å²) in [5, 5.41) is 3.04. The number of nitrogens with zero attached hydrogens (tertiary/aromatic N) is 1. The second-order valence-corrected chi connectivity index (χ2v) is 6.21. The number of hydrogen-bond donors (Lipinski definition) is 0. The molecule has 1 aliphatic rings. The van der Waals surface area contributed by atoms with Crippen molar-refractivity contribution in [3.63, 3.8) is 0 Å². The van der Waals surface area contributed by atoms with Gasteiger partial charge < -0.3 is 0 Å². The van der Waals surface area contributed by atoms with Gasteiger partial charge in [0.25, 0.3) is 0 Å². The molecule has 0 bridgehead atoms. The summed E-state index contributed by atoms with van der Waals surface area (Å²) >= 11 is 1.62. The van der Waals surface area contributed by atoms with E-state index >= 15 is 0 Å². The van der Waals surface area contributed by atoms with Gasteiger partial charge in [-0.25, -0.2) is 4.98 Å². The average Bonchev–Trinajstić information content (AvgIpc) is 2.83. The first-order chi connectivity index (χ1) is 9.24. The molecule has 0 fully saturated rings. The number of thiazole rings is 1. The maximum atomic E-state index is 12.5. The Hall–Kier alpha value is -1.48. The molecule has 0 N–H and O–H groups in total. The molecule has 1 aromatic carbocycles. The third-order valence-corrected chi connectivity index (χ3v) is 4.60. The highest BCUT2D eigenvalue weighted by molar-refractivity contribution is 7.09. The minimum Gasteiger partial charge on any atom is -0.299 e. The summed E-state index contributed by atoms with van der Waals surface area (Å²) in [7, 11) is 0. The predicted octanol–water partition coefficient (Wildman–Crippen LogP) is 3.68. The molecular formula is C16H17NOS. The molecule has 1 heterocycles. The van der Waals surface area contributed by atoms with Crippen LogP contribution in [0.3, 0.4) is 0 Å². The molecule has 3 heteroatoms. The Morgan fingerprint density at radius 1 is 1.42 bits per heavy atom. The molecule has 2 aromatic rings. The second-order valence-electron chi connectivity index (χ2n) is 5.14. The van der Waals surface area contributed by atoms with E-state index in [1.54, 1.807) is 11.3 Å². The first kappa shape index (κ1) is 12.5. The molecular weight excluding hydrogens is 254 g/mol. The van der Waals surface area contributed by atoms with Gasteiger partial charge in [-0.15, -0.1) is 11.3 Å². The normalized spacial score (nSPS) is 18.1. The summed E-state index contributed by atoms with van der Waals surface area (Å²) < 4.78 is 0. The number of rotatable bonds is 3. The van der Waals surface area contributed by atoms with Crippen LogP contribution in [0.1, 0.15) is 40.6 Å². The largest absolute Gasteiger partial charge is 0.299 e. The number of carbonyl (C=O) groups excluding carboxylic acids is 1. The van der Waals surface area contributed by atoms with E-state index in [4.69, 9.17) is 0 Å². The van der Waals surface area contributed by atoms with Crippen molar-refractivity contribution in [2.24, 2.45) is 0 Å². The number of Topliss-reactive ketones (excluding diaryl/α,β-unsaturated/α-hetero) is 1. The fourth-order valence-electron chi connectivity index (χ4n) is 2.88. The summed E-state index contributed by atoms with van der Waals surface area (Å²) in [6, 6.07) is 8.37. The molecule has 0 spiro atoms. The number of ketones is 1. The van der Waals surface area contributed by atoms with Crippen molar-refractivity contribution in [1.29, 1.82) is 0 Å². The van der Waals surface area contributed by atoms with Crippen LogP contribution in [0.25, 0.3) is 0 Å². The van der Waals surface area contributed by atoms with Crippen LogP contribution in [0.15, 0.2) is 29.6 Å². The first-order valence-corrected chi connectivity index (χ1v) is 7.63. The van der Waals surface area contributed by atoms with Crippen molar-refractivity contribution < 1.29 is 4.79 Å². The van der Waals surface area contributed by atoms with Crippen LogP contribution in [-0.4, -0.2) is 10.8 Å². The first-order valence-electron chi connectivity index (χ1n) is 6.75. The van der Waals surface area contributed by atoms with Gasteiger partial charge in [0.15, 0.2) is 0 Å². The molecule has 98 valence electrons. The topological polar surface area (TPSA) is 30.0 Å². The maximum Gasteiger partial charge on any atom is 0.146 e. The van der Waals surface area contributed by atoms with Crippen LogP contribution in [-0.2, 0) is 17.6 Å². The van der Waals surface area contributed by atoms with E-state index in [9.17, 15) is 4.79 Å². The monoisotopic (exact) mass is 271 g/mol. The number of aryl methyl sites for hydroxylation is 2. The van der Waals surface area contributed by atoms with Gasteiger partial charge >= 0.3 is 0 Å². The Balaban J connectivity index is 1.81. The Labute approximate surface area is 117 Å². The Kier molecular flexibility index (Phi) is 3.47. The lowest BCUT2D eigenvalue weighted by molar-refractivity contribution is -0.120. The zero-order chi connectivity index (χ0) is 13.2. The molecule has 1 aliphatic carbocycles. The second kappa shape index (κ2) is 5.25. The predicted molar refractivity (Wildman–Crippen MR) is 77.7 cm³/mol. The lowest BCUT2D eigenvalue weighted by atomic mass is 9.79. The third kappa shape index (κ3) is 2.61. The summed E-state index contributed by atoms with van der Waals surface area (Å²) in [6.07, 6.45) is 3.68. The summed E-state index contributed by atoms with van der Waals surface area (Å²) in [5.74, 6) is 0.393. The van der Waals surface area contributed by atoms with Crippen LogP contribution < -0.4 is 0 Å². The number of carbonyl (C=O) groups is 1. The SMILES string of the molecule is Cc1nc(CC(=O)C2CCCc3ccccc32)cs1. The highest BCUT2D eigenvalue weighted by atomic mass is 32.1. The van der Waals surface area contributed by atoms with Crippen molar-refractivity contribution in [3.8, 4) is 0 Å². The smallest absolute Gasteiger partial charge is 0.146 e. The van der Waals surface area contributed by atoms with E-state index in [1.807, 2.05) is 18.4 Å². The summed E-state index contributed by atoms with van der Waals surface area (Å²) in [6.45, 7) is 1.98. The molecule has 1 atom stereocenters. The molecule has 0 saturated heterocycles. The van der Waals surface area contributed by atoms with Crippen LogP contribution in [0.4, 0.5) is 0 Å². The molecule has 0 amide bonds. The van der Waals surface area contributed by atoms with Crippen LogP contribution in [0.2, 0.25) is 0 Å². The van der Waals surface area contributed by atoms with Gasteiger partial charge in [-0.05, 0) is 37.3 Å². The van der Waals surface area contributed by atoms with E-state index in [1.165, 1.54) is 11.1 Å². The number of fused-ring (bicyclic) bond motifs is 1. The highest BCUT2D eigenvalue weighted by Gasteiger charge is 2.26. The molecule has 2 nitrogen and oxygen atoms in total. The van der Waals surface area contributed by atoms with Crippen molar-refractivity contribution in [3.05, 3.63) is 51.5 Å². The van der Waals surface area contributed by atoms with E-state index in [-0.39, 0.29) is 5.92 Å². The van der Waals surface area contributed by atoms with Gasteiger partial charge in [-0.3, -0.25) is 4.79 Å². The molecule has 19 heavy (non-hydrogen) atoms. The molecule has 0 radical (unpaired) electrons. The number of hydrogen-bond acceptors (Lipinski definition) is 3. The standard InChI is InChI=1S/C16H17NOS/c1-11-17-13(10-19-11)9-16(18)15-8-4-6-12-5-2-3-7-14(12)15/h2-3,5,7,10,15H,4,6,8-9H2,1H3. The van der Waals surface area contributed by atoms with Gasteiger partial charge in [-0.2, -0.15) is 0 Å². The fourth-order valence-corrected chi connectivity index (χ4v) is 3.49. The quantitative estimate of drug-likeness (QED) is 0.852. The Bertz CT molecular complexity index is 602. The Morgan fingerprint density at radius 3 is 3.05 bits per heavy atom. The van der Waals surface area contributed by atoms with Crippen LogP contribution in [0.5, 0.6) is 0 Å². The van der Waals surface area contributed by atoms with Crippen LogP contribution >= 0.6 is 11.3 Å². The fraction of sp³-hybridized carbons (Fsp3) is 0.375. The summed E-state index contributed by atoms with van der Waals surface area (Å²) in [5.41, 5.74) is 3.52. The average molecular weight is 271 g/mol. The third-order valence-electron chi connectivity index (χ3n) is 3.78. The van der Waals surface area contributed by atoms with Crippen molar-refractivity contribution in [1.82, 2.24) is 4.98 Å². The molecule has 3 rings (SSSR count).